The summed E-state index contributed by atoms with van der Waals surface area (Å²) in [6.45, 7) is 8.90. The van der Waals surface area contributed by atoms with Crippen LogP contribution >= 0.6 is 11.3 Å². The first-order chi connectivity index (χ1) is 7.09. The first-order valence-electron chi connectivity index (χ1n) is 5.48. The van der Waals surface area contributed by atoms with Gasteiger partial charge in [-0.2, -0.15) is 0 Å². The molecule has 0 saturated heterocycles. The van der Waals surface area contributed by atoms with E-state index in [9.17, 15) is 0 Å². The zero-order valence-corrected chi connectivity index (χ0v) is 10.6. The molecule has 2 aromatic rings. The smallest absolute Gasteiger partial charge is 0.0606 e. The van der Waals surface area contributed by atoms with Crippen LogP contribution in [0.2, 0.25) is 0 Å². The molecule has 2 heteroatoms. The quantitative estimate of drug-likeness (QED) is 0.722. The Hall–Kier alpha value is -0.890. The SMILES string of the molecule is CC(C)c1cc2ccnc(C(C)C)c2s1. The molecule has 2 rings (SSSR count). The number of fused-ring (bicyclic) bond motifs is 1. The maximum atomic E-state index is 4.49. The van der Waals surface area contributed by atoms with Crippen LogP contribution in [0, 0.1) is 0 Å². The molecule has 80 valence electrons. The van der Waals surface area contributed by atoms with E-state index in [0.717, 1.165) is 0 Å². The summed E-state index contributed by atoms with van der Waals surface area (Å²) in [7, 11) is 0. The van der Waals surface area contributed by atoms with Crippen molar-refractivity contribution < 1.29 is 0 Å². The van der Waals surface area contributed by atoms with Crippen molar-refractivity contribution in [2.75, 3.05) is 0 Å². The van der Waals surface area contributed by atoms with Crippen LogP contribution in [0.25, 0.3) is 10.1 Å². The highest BCUT2D eigenvalue weighted by atomic mass is 32.1. The Balaban J connectivity index is 2.64. The first kappa shape index (κ1) is 10.6. The molecule has 1 nitrogen and oxygen atoms in total. The molecule has 0 N–H and O–H groups in total. The molecule has 15 heavy (non-hydrogen) atoms. The molecule has 0 saturated carbocycles. The molecule has 0 fully saturated rings. The van der Waals surface area contributed by atoms with E-state index < -0.39 is 0 Å². The van der Waals surface area contributed by atoms with Gasteiger partial charge in [0.1, 0.15) is 0 Å². The number of nitrogens with zero attached hydrogens (tertiary/aromatic N) is 1. The molecule has 0 aliphatic heterocycles. The maximum absolute atomic E-state index is 4.49. The van der Waals surface area contributed by atoms with Crippen molar-refractivity contribution in [2.24, 2.45) is 0 Å². The second kappa shape index (κ2) is 3.93. The first-order valence-corrected chi connectivity index (χ1v) is 6.29. The number of rotatable bonds is 2. The Bertz CT molecular complexity index is 468. The summed E-state index contributed by atoms with van der Waals surface area (Å²) < 4.78 is 1.37. The van der Waals surface area contributed by atoms with E-state index in [-0.39, 0.29) is 0 Å². The van der Waals surface area contributed by atoms with Crippen molar-refractivity contribution in [3.05, 3.63) is 28.9 Å². The fraction of sp³-hybridized carbons (Fsp3) is 0.462. The number of hydrogen-bond acceptors (Lipinski definition) is 2. The number of pyridine rings is 1. The molecule has 0 spiro atoms. The lowest BCUT2D eigenvalue weighted by Gasteiger charge is -2.04. The van der Waals surface area contributed by atoms with Gasteiger partial charge in [-0.25, -0.2) is 0 Å². The van der Waals surface area contributed by atoms with E-state index in [4.69, 9.17) is 0 Å². The minimum Gasteiger partial charge on any atom is -0.260 e. The van der Waals surface area contributed by atoms with Gasteiger partial charge in [0.15, 0.2) is 0 Å². The average Bonchev–Trinajstić information content (AvgIpc) is 2.60. The van der Waals surface area contributed by atoms with Gasteiger partial charge in [-0.05, 0) is 29.4 Å². The predicted octanol–water partition coefficient (Wildman–Crippen LogP) is 4.54. The Morgan fingerprint density at radius 2 is 1.87 bits per heavy atom. The Labute approximate surface area is 95.2 Å². The summed E-state index contributed by atoms with van der Waals surface area (Å²) in [5, 5.41) is 1.35. The van der Waals surface area contributed by atoms with Crippen molar-refractivity contribution in [2.45, 2.75) is 39.5 Å². The molecule has 0 unspecified atom stereocenters. The summed E-state index contributed by atoms with van der Waals surface area (Å²) in [4.78, 5) is 5.95. The summed E-state index contributed by atoms with van der Waals surface area (Å²) in [6.07, 6.45) is 1.93. The minimum atomic E-state index is 0.507. The van der Waals surface area contributed by atoms with Gasteiger partial charge in [0.05, 0.1) is 10.4 Å². The van der Waals surface area contributed by atoms with Crippen LogP contribution in [0.3, 0.4) is 0 Å². The molecule has 0 aliphatic carbocycles. The highest BCUT2D eigenvalue weighted by molar-refractivity contribution is 7.19. The van der Waals surface area contributed by atoms with Gasteiger partial charge in [0.2, 0.25) is 0 Å². The predicted molar refractivity (Wildman–Crippen MR) is 67.8 cm³/mol. The van der Waals surface area contributed by atoms with E-state index in [1.54, 1.807) is 0 Å². The normalized spacial score (nSPS) is 11.9. The molecule has 0 amide bonds. The molecular weight excluding hydrogens is 202 g/mol. The number of aromatic nitrogens is 1. The summed E-state index contributed by atoms with van der Waals surface area (Å²) in [5.41, 5.74) is 1.24. The van der Waals surface area contributed by atoms with Crippen LogP contribution in [0.1, 0.15) is 50.1 Å². The van der Waals surface area contributed by atoms with Gasteiger partial charge in [0.25, 0.3) is 0 Å². The zero-order valence-electron chi connectivity index (χ0n) is 9.74. The van der Waals surface area contributed by atoms with Gasteiger partial charge in [-0.3, -0.25) is 4.98 Å². The third-order valence-electron chi connectivity index (χ3n) is 2.60. The fourth-order valence-electron chi connectivity index (χ4n) is 1.70. The summed E-state index contributed by atoms with van der Waals surface area (Å²) in [6, 6.07) is 4.42. The summed E-state index contributed by atoms with van der Waals surface area (Å²) >= 11 is 1.90. The van der Waals surface area contributed by atoms with Crippen LogP contribution in [0.5, 0.6) is 0 Å². The Morgan fingerprint density at radius 1 is 1.13 bits per heavy atom. The van der Waals surface area contributed by atoms with Gasteiger partial charge < -0.3 is 0 Å². The van der Waals surface area contributed by atoms with E-state index in [0.29, 0.717) is 11.8 Å². The van der Waals surface area contributed by atoms with Crippen molar-refractivity contribution in [3.63, 3.8) is 0 Å². The van der Waals surface area contributed by atoms with Crippen molar-refractivity contribution in [1.29, 1.82) is 0 Å². The molecule has 0 bridgehead atoms. The second-order valence-corrected chi connectivity index (χ2v) is 5.66. The van der Waals surface area contributed by atoms with E-state index in [1.807, 2.05) is 17.5 Å². The monoisotopic (exact) mass is 219 g/mol. The van der Waals surface area contributed by atoms with Gasteiger partial charge in [-0.1, -0.05) is 27.7 Å². The van der Waals surface area contributed by atoms with Gasteiger partial charge >= 0.3 is 0 Å². The van der Waals surface area contributed by atoms with E-state index in [1.165, 1.54) is 20.7 Å². The Morgan fingerprint density at radius 3 is 2.47 bits per heavy atom. The molecular formula is C13H17NS. The third-order valence-corrected chi connectivity index (χ3v) is 4.07. The maximum Gasteiger partial charge on any atom is 0.0606 e. The third kappa shape index (κ3) is 1.91. The molecule has 0 radical (unpaired) electrons. The van der Waals surface area contributed by atoms with Gasteiger partial charge in [-0.15, -0.1) is 11.3 Å². The lowest BCUT2D eigenvalue weighted by atomic mass is 10.1. The van der Waals surface area contributed by atoms with E-state index in [2.05, 4.69) is 44.8 Å². The molecule has 0 aromatic carbocycles. The lowest BCUT2D eigenvalue weighted by molar-refractivity contribution is 0.836. The summed E-state index contributed by atoms with van der Waals surface area (Å²) in [5.74, 6) is 1.12. The van der Waals surface area contributed by atoms with Crippen LogP contribution in [-0.4, -0.2) is 4.98 Å². The van der Waals surface area contributed by atoms with Crippen molar-refractivity contribution in [3.8, 4) is 0 Å². The molecule has 2 aromatic heterocycles. The number of thiophene rings is 1. The average molecular weight is 219 g/mol. The largest absolute Gasteiger partial charge is 0.260 e. The molecule has 0 atom stereocenters. The van der Waals surface area contributed by atoms with Gasteiger partial charge in [0, 0.05) is 11.1 Å². The van der Waals surface area contributed by atoms with Crippen LogP contribution in [-0.2, 0) is 0 Å². The zero-order chi connectivity index (χ0) is 11.0. The molecule has 2 heterocycles. The standard InChI is InChI=1S/C13H17NS/c1-8(2)11-7-10-5-6-14-12(9(3)4)13(10)15-11/h5-9H,1-4H3. The topological polar surface area (TPSA) is 12.9 Å². The molecule has 0 aliphatic rings. The van der Waals surface area contributed by atoms with Crippen LogP contribution in [0.4, 0.5) is 0 Å². The lowest BCUT2D eigenvalue weighted by Crippen LogP contribution is -1.90. The van der Waals surface area contributed by atoms with Crippen LogP contribution < -0.4 is 0 Å². The number of hydrogen-bond donors (Lipinski definition) is 0. The highest BCUT2D eigenvalue weighted by Gasteiger charge is 2.11. The minimum absolute atomic E-state index is 0.507. The highest BCUT2D eigenvalue weighted by Crippen LogP contribution is 2.34. The Kier molecular flexibility index (Phi) is 2.79. The van der Waals surface area contributed by atoms with E-state index >= 15 is 0 Å². The fourth-order valence-corrected chi connectivity index (χ4v) is 3.00. The van der Waals surface area contributed by atoms with Crippen molar-refractivity contribution >= 4 is 21.4 Å². The van der Waals surface area contributed by atoms with Crippen molar-refractivity contribution in [1.82, 2.24) is 4.98 Å². The van der Waals surface area contributed by atoms with Crippen LogP contribution in [0.15, 0.2) is 18.3 Å². The second-order valence-electron chi connectivity index (χ2n) is 4.57.